The molecule has 2 aromatic carbocycles. The first-order chi connectivity index (χ1) is 25.2. The number of nitrogens with zero attached hydrogens (tertiary/aromatic N) is 7. The number of terminal acetylenes is 1. The molecule has 52 heavy (non-hydrogen) atoms. The Balaban J connectivity index is 1.17. The third-order valence-electron chi connectivity index (χ3n) is 10.5. The molecule has 3 aliphatic heterocycles. The van der Waals surface area contributed by atoms with Crippen LogP contribution in [0.3, 0.4) is 0 Å². The number of ether oxygens (including phenoxy) is 1. The van der Waals surface area contributed by atoms with Gasteiger partial charge in [-0.25, -0.2) is 13.2 Å². The lowest BCUT2D eigenvalue weighted by atomic mass is 9.95. The molecule has 0 radical (unpaired) electrons. The summed E-state index contributed by atoms with van der Waals surface area (Å²) < 4.78 is 52.9. The molecule has 0 N–H and O–H groups in total. The molecule has 6 heterocycles. The number of piperazine rings is 1. The monoisotopic (exact) mass is 703 g/mol. The molecule has 0 unspecified atom stereocenters. The molecule has 9 nitrogen and oxygen atoms in total. The average Bonchev–Trinajstić information content (AvgIpc) is 3.69. The van der Waals surface area contributed by atoms with Gasteiger partial charge < -0.3 is 14.5 Å². The third-order valence-corrected chi connectivity index (χ3v) is 10.5. The van der Waals surface area contributed by atoms with Crippen LogP contribution in [-0.4, -0.2) is 92.7 Å². The van der Waals surface area contributed by atoms with Gasteiger partial charge in [-0.1, -0.05) is 42.3 Å². The lowest BCUT2D eigenvalue weighted by molar-refractivity contribution is -0.129. The number of hydrogen-bond acceptors (Lipinski definition) is 8. The number of hydrogen-bond donors (Lipinski definition) is 0. The topological polar surface area (TPSA) is 87.6 Å². The number of pyridine rings is 2. The van der Waals surface area contributed by atoms with Gasteiger partial charge in [0.05, 0.1) is 16.6 Å². The summed E-state index contributed by atoms with van der Waals surface area (Å²) in [6.07, 6.45) is 11.2. The first kappa shape index (κ1) is 33.6. The number of aromatic nitrogens is 4. The van der Waals surface area contributed by atoms with Crippen molar-refractivity contribution in [3.63, 3.8) is 0 Å². The molecule has 0 spiro atoms. The lowest BCUT2D eigenvalue weighted by Gasteiger charge is -2.40. The number of rotatable bonds is 7. The maximum Gasteiger partial charge on any atom is 0.319 e. The fourth-order valence-electron chi connectivity index (χ4n) is 8.06. The van der Waals surface area contributed by atoms with Gasteiger partial charge in [-0.2, -0.15) is 9.97 Å². The number of carbonyl (C=O) groups is 1. The van der Waals surface area contributed by atoms with Crippen molar-refractivity contribution in [2.45, 2.75) is 43.9 Å². The number of benzene rings is 2. The first-order valence-electron chi connectivity index (χ1n) is 17.5. The third kappa shape index (κ3) is 5.98. The molecule has 3 fully saturated rings. The molecule has 12 heteroatoms. The van der Waals surface area contributed by atoms with Gasteiger partial charge in [0.1, 0.15) is 29.8 Å². The van der Waals surface area contributed by atoms with Gasteiger partial charge in [-0.05, 0) is 49.9 Å². The van der Waals surface area contributed by atoms with E-state index < -0.39 is 29.3 Å². The molecule has 3 aromatic heterocycles. The molecule has 1 amide bonds. The molecule has 3 atom stereocenters. The van der Waals surface area contributed by atoms with Crippen LogP contribution in [0.15, 0.2) is 72.8 Å². The molecular weight excluding hydrogens is 667 g/mol. The van der Waals surface area contributed by atoms with Gasteiger partial charge in [0.25, 0.3) is 5.91 Å². The fourth-order valence-corrected chi connectivity index (χ4v) is 8.06. The summed E-state index contributed by atoms with van der Waals surface area (Å²) in [5, 5.41) is 1.90. The number of anilines is 1. The zero-order chi connectivity index (χ0) is 36.0. The normalized spacial score (nSPS) is 22.2. The number of halogens is 3. The molecule has 5 aromatic rings. The Hall–Kier alpha value is -5.54. The highest BCUT2D eigenvalue weighted by Gasteiger charge is 2.49. The van der Waals surface area contributed by atoms with E-state index >= 15 is 8.78 Å². The molecule has 3 aliphatic rings. The zero-order valence-corrected chi connectivity index (χ0v) is 28.6. The first-order valence-corrected chi connectivity index (χ1v) is 17.5. The number of carbonyl (C=O) groups excluding carboxylic acids is 1. The average molecular weight is 704 g/mol. The minimum atomic E-state index is -0.944. The molecule has 0 saturated carbocycles. The molecule has 0 aliphatic carbocycles. The molecule has 8 rings (SSSR count). The van der Waals surface area contributed by atoms with Gasteiger partial charge in [-0.15, -0.1) is 6.42 Å². The van der Waals surface area contributed by atoms with E-state index in [9.17, 15) is 9.18 Å². The summed E-state index contributed by atoms with van der Waals surface area (Å²) in [4.78, 5) is 36.7. The van der Waals surface area contributed by atoms with Gasteiger partial charge in [0.15, 0.2) is 11.6 Å². The van der Waals surface area contributed by atoms with Crippen LogP contribution in [0.2, 0.25) is 0 Å². The molecule has 3 saturated heterocycles. The van der Waals surface area contributed by atoms with Crippen molar-refractivity contribution >= 4 is 39.5 Å². The highest BCUT2D eigenvalue weighted by molar-refractivity contribution is 6.02. The van der Waals surface area contributed by atoms with Crippen LogP contribution in [0.25, 0.3) is 39.0 Å². The van der Waals surface area contributed by atoms with E-state index in [0.717, 1.165) is 30.8 Å². The van der Waals surface area contributed by atoms with E-state index in [1.165, 1.54) is 11.1 Å². The predicted molar refractivity (Wildman–Crippen MR) is 193 cm³/mol. The Morgan fingerprint density at radius 2 is 1.92 bits per heavy atom. The largest absolute Gasteiger partial charge is 0.461 e. The zero-order valence-electron chi connectivity index (χ0n) is 28.6. The quantitative estimate of drug-likeness (QED) is 0.143. The minimum absolute atomic E-state index is 0.00537. The number of amides is 1. The van der Waals surface area contributed by atoms with Crippen LogP contribution in [0, 0.1) is 18.2 Å². The van der Waals surface area contributed by atoms with Crippen molar-refractivity contribution in [2.24, 2.45) is 0 Å². The second-order valence-corrected chi connectivity index (χ2v) is 13.8. The molecular formula is C40H36F3N7O2. The maximum absolute atomic E-state index is 16.9. The van der Waals surface area contributed by atoms with Gasteiger partial charge in [0, 0.05) is 73.6 Å². The van der Waals surface area contributed by atoms with E-state index in [2.05, 4.69) is 25.8 Å². The van der Waals surface area contributed by atoms with Crippen LogP contribution >= 0.6 is 0 Å². The Kier molecular flexibility index (Phi) is 8.75. The summed E-state index contributed by atoms with van der Waals surface area (Å²) in [6.45, 7) is 3.84. The smallest absolute Gasteiger partial charge is 0.319 e. The van der Waals surface area contributed by atoms with E-state index in [4.69, 9.17) is 16.1 Å². The Bertz CT molecular complexity index is 2260. The van der Waals surface area contributed by atoms with Crippen molar-refractivity contribution in [1.82, 2.24) is 29.7 Å². The highest BCUT2D eigenvalue weighted by atomic mass is 19.1. The summed E-state index contributed by atoms with van der Waals surface area (Å²) in [7, 11) is 0. The van der Waals surface area contributed by atoms with E-state index in [-0.39, 0.29) is 49.5 Å². The van der Waals surface area contributed by atoms with Crippen molar-refractivity contribution in [3.05, 3.63) is 89.9 Å². The summed E-state index contributed by atoms with van der Waals surface area (Å²) in [5.41, 5.74) is 1.08. The van der Waals surface area contributed by atoms with E-state index in [1.807, 2.05) is 36.1 Å². The summed E-state index contributed by atoms with van der Waals surface area (Å²) in [5.74, 6) is 0.762. The lowest BCUT2D eigenvalue weighted by Crippen LogP contribution is -2.54. The second kappa shape index (κ2) is 13.5. The summed E-state index contributed by atoms with van der Waals surface area (Å²) in [6, 6.07) is 15.7. The van der Waals surface area contributed by atoms with Crippen molar-refractivity contribution in [3.8, 4) is 29.6 Å². The SMILES string of the molecule is C#Cc1cccc2cccc(-c3ncc4c(N5CCN(C(=O)/C(F)=C/c6ccccn6)C[C@H]5C)nc(OC[C@@]56CCCN5C[C@H](F)C6)nc4c3F)c12. The molecule has 0 bridgehead atoms. The number of alkyl halides is 1. The fraction of sp³-hybridized carbons (Fsp3) is 0.325. The van der Waals surface area contributed by atoms with Crippen LogP contribution in [0.5, 0.6) is 6.01 Å². The van der Waals surface area contributed by atoms with E-state index in [0.29, 0.717) is 46.4 Å². The second-order valence-electron chi connectivity index (χ2n) is 13.8. The Morgan fingerprint density at radius 3 is 2.71 bits per heavy atom. The predicted octanol–water partition coefficient (Wildman–Crippen LogP) is 6.36. The van der Waals surface area contributed by atoms with Crippen LogP contribution in [0.1, 0.15) is 37.4 Å². The van der Waals surface area contributed by atoms with Crippen molar-refractivity contribution in [2.75, 3.05) is 44.2 Å². The summed E-state index contributed by atoms with van der Waals surface area (Å²) >= 11 is 0. The van der Waals surface area contributed by atoms with Crippen molar-refractivity contribution < 1.29 is 22.7 Å². The van der Waals surface area contributed by atoms with Gasteiger partial charge in [0.2, 0.25) is 0 Å². The minimum Gasteiger partial charge on any atom is -0.461 e. The molecule has 264 valence electrons. The maximum atomic E-state index is 16.9. The van der Waals surface area contributed by atoms with Gasteiger partial charge in [-0.3, -0.25) is 19.7 Å². The number of fused-ring (bicyclic) bond motifs is 3. The van der Waals surface area contributed by atoms with Crippen LogP contribution < -0.4 is 9.64 Å². The van der Waals surface area contributed by atoms with E-state index in [1.54, 1.807) is 36.5 Å². The van der Waals surface area contributed by atoms with Crippen molar-refractivity contribution in [1.29, 1.82) is 0 Å². The standard InChI is InChI=1S/C40H36F3N7O2/c1-3-26-9-6-10-27-11-7-13-30(33(26)27)35-34(43)36-31(21-45-35)37(47-39(46-36)52-24-40-14-8-16-49(40)23-28(41)20-40)50-18-17-48(22-25(50)2)38(51)32(42)19-29-12-4-5-15-44-29/h1,4-7,9-13,15,19,21,25,28H,8,14,16-18,20,22-24H2,2H3/b32-19-/t25-,28-,40+/m1/s1. The Morgan fingerprint density at radius 1 is 1.08 bits per heavy atom. The Labute approximate surface area is 299 Å². The van der Waals surface area contributed by atoms with Crippen LogP contribution in [0.4, 0.5) is 19.0 Å². The van der Waals surface area contributed by atoms with Gasteiger partial charge >= 0.3 is 6.01 Å². The van der Waals surface area contributed by atoms with Crippen LogP contribution in [-0.2, 0) is 4.79 Å². The highest BCUT2D eigenvalue weighted by Crippen LogP contribution is 2.41.